The van der Waals surface area contributed by atoms with Crippen LogP contribution in [0.2, 0.25) is 0 Å². The van der Waals surface area contributed by atoms with Crippen molar-refractivity contribution >= 4 is 0 Å². The number of aliphatic hydroxyl groups is 1. The van der Waals surface area contributed by atoms with Gasteiger partial charge in [0, 0.05) is 18.6 Å². The topological polar surface area (TPSA) is 20.2 Å². The highest BCUT2D eigenvalue weighted by Crippen LogP contribution is 2.09. The molecule has 0 spiro atoms. The van der Waals surface area contributed by atoms with E-state index in [0.717, 1.165) is 24.8 Å². The van der Waals surface area contributed by atoms with E-state index >= 15 is 0 Å². The minimum atomic E-state index is 0.224. The highest BCUT2D eigenvalue weighted by Gasteiger charge is 1.97. The second-order valence-corrected chi connectivity index (χ2v) is 4.43. The first-order valence-electron chi connectivity index (χ1n) is 5.91. The van der Waals surface area contributed by atoms with Gasteiger partial charge in [0.2, 0.25) is 0 Å². The normalized spacial score (nSPS) is 10.0. The van der Waals surface area contributed by atoms with Gasteiger partial charge in [-0.1, -0.05) is 37.8 Å². The van der Waals surface area contributed by atoms with Crippen LogP contribution in [0, 0.1) is 17.8 Å². The lowest BCUT2D eigenvalue weighted by atomic mass is 10.0. The van der Waals surface area contributed by atoms with E-state index in [2.05, 4.69) is 43.9 Å². The molecule has 1 rings (SSSR count). The molecule has 86 valence electrons. The van der Waals surface area contributed by atoms with Crippen molar-refractivity contribution in [3.63, 3.8) is 0 Å². The van der Waals surface area contributed by atoms with Crippen molar-refractivity contribution in [3.8, 4) is 11.8 Å². The number of benzene rings is 1. The smallest absolute Gasteiger partial charge is 0.0440 e. The number of aliphatic hydroxyl groups excluding tert-OH is 1. The molecule has 1 aromatic rings. The predicted octanol–water partition coefficient (Wildman–Crippen LogP) is 3.01. The lowest BCUT2D eigenvalue weighted by Crippen LogP contribution is -1.93. The standard InChI is InChI=1S/C15H20O/c1-13(2)11-15-9-6-8-14(12-15)7-4-3-5-10-16/h6,8-9,12-13,16H,3,5,10-11H2,1-2H3. The van der Waals surface area contributed by atoms with Crippen molar-refractivity contribution in [3.05, 3.63) is 35.4 Å². The van der Waals surface area contributed by atoms with Crippen LogP contribution in [0.4, 0.5) is 0 Å². The molecule has 0 unspecified atom stereocenters. The van der Waals surface area contributed by atoms with Gasteiger partial charge in [-0.2, -0.15) is 0 Å². The van der Waals surface area contributed by atoms with Crippen LogP contribution in [0.15, 0.2) is 24.3 Å². The van der Waals surface area contributed by atoms with Gasteiger partial charge >= 0.3 is 0 Å². The zero-order chi connectivity index (χ0) is 11.8. The fourth-order valence-corrected chi connectivity index (χ4v) is 1.58. The molecule has 1 N–H and O–H groups in total. The monoisotopic (exact) mass is 216 g/mol. The van der Waals surface area contributed by atoms with Gasteiger partial charge in [0.05, 0.1) is 0 Å². The average Bonchev–Trinajstić information content (AvgIpc) is 2.24. The summed E-state index contributed by atoms with van der Waals surface area (Å²) in [6.45, 7) is 4.67. The Hall–Kier alpha value is -1.26. The highest BCUT2D eigenvalue weighted by atomic mass is 16.2. The van der Waals surface area contributed by atoms with Crippen LogP contribution in [-0.4, -0.2) is 11.7 Å². The second kappa shape index (κ2) is 7.09. The first kappa shape index (κ1) is 12.8. The Kier molecular flexibility index (Phi) is 5.67. The predicted molar refractivity (Wildman–Crippen MR) is 68.2 cm³/mol. The summed E-state index contributed by atoms with van der Waals surface area (Å²) in [5.74, 6) is 6.88. The van der Waals surface area contributed by atoms with Crippen molar-refractivity contribution in [2.45, 2.75) is 33.1 Å². The maximum atomic E-state index is 8.64. The van der Waals surface area contributed by atoms with Gasteiger partial charge < -0.3 is 5.11 Å². The molecule has 1 aromatic carbocycles. The molecule has 0 aliphatic heterocycles. The van der Waals surface area contributed by atoms with Gasteiger partial charge in [0.25, 0.3) is 0 Å². The molecule has 0 aliphatic carbocycles. The van der Waals surface area contributed by atoms with Crippen LogP contribution in [-0.2, 0) is 6.42 Å². The quantitative estimate of drug-likeness (QED) is 0.606. The molecule has 0 aliphatic rings. The molecular formula is C15H20O. The third kappa shape index (κ3) is 5.00. The summed E-state index contributed by atoms with van der Waals surface area (Å²) in [6, 6.07) is 8.41. The Morgan fingerprint density at radius 3 is 2.81 bits per heavy atom. The molecule has 1 nitrogen and oxygen atoms in total. The van der Waals surface area contributed by atoms with Gasteiger partial charge in [-0.15, -0.1) is 0 Å². The molecule has 0 fully saturated rings. The molecule has 0 radical (unpaired) electrons. The molecule has 0 aromatic heterocycles. The lowest BCUT2D eigenvalue weighted by molar-refractivity contribution is 0.290. The minimum Gasteiger partial charge on any atom is -0.396 e. The van der Waals surface area contributed by atoms with Gasteiger partial charge in [0.15, 0.2) is 0 Å². The summed E-state index contributed by atoms with van der Waals surface area (Å²) in [4.78, 5) is 0. The second-order valence-electron chi connectivity index (χ2n) is 4.43. The first-order chi connectivity index (χ1) is 7.72. The van der Waals surface area contributed by atoms with Crippen molar-refractivity contribution in [1.29, 1.82) is 0 Å². The summed E-state index contributed by atoms with van der Waals surface area (Å²) in [5.41, 5.74) is 2.43. The van der Waals surface area contributed by atoms with Gasteiger partial charge in [0.1, 0.15) is 0 Å². The number of hydrogen-bond donors (Lipinski definition) is 1. The van der Waals surface area contributed by atoms with Crippen LogP contribution < -0.4 is 0 Å². The summed E-state index contributed by atoms with van der Waals surface area (Å²) in [7, 11) is 0. The van der Waals surface area contributed by atoms with Gasteiger partial charge in [-0.25, -0.2) is 0 Å². The molecular weight excluding hydrogens is 196 g/mol. The van der Waals surface area contributed by atoms with Gasteiger partial charge in [-0.3, -0.25) is 0 Å². The van der Waals surface area contributed by atoms with Crippen LogP contribution >= 0.6 is 0 Å². The fraction of sp³-hybridized carbons (Fsp3) is 0.467. The Morgan fingerprint density at radius 1 is 1.31 bits per heavy atom. The van der Waals surface area contributed by atoms with Crippen LogP contribution in [0.1, 0.15) is 37.8 Å². The van der Waals surface area contributed by atoms with Crippen molar-refractivity contribution in [1.82, 2.24) is 0 Å². The van der Waals surface area contributed by atoms with Crippen molar-refractivity contribution in [2.24, 2.45) is 5.92 Å². The molecule has 0 amide bonds. The van der Waals surface area contributed by atoms with E-state index < -0.39 is 0 Å². The van der Waals surface area contributed by atoms with Crippen LogP contribution in [0.3, 0.4) is 0 Å². The molecule has 0 heterocycles. The van der Waals surface area contributed by atoms with E-state index in [1.54, 1.807) is 0 Å². The molecule has 0 atom stereocenters. The average molecular weight is 216 g/mol. The van der Waals surface area contributed by atoms with Crippen molar-refractivity contribution in [2.75, 3.05) is 6.61 Å². The maximum absolute atomic E-state index is 8.64. The van der Waals surface area contributed by atoms with Crippen molar-refractivity contribution < 1.29 is 5.11 Å². The molecule has 1 heteroatoms. The first-order valence-corrected chi connectivity index (χ1v) is 5.91. The van der Waals surface area contributed by atoms with E-state index in [9.17, 15) is 0 Å². The van der Waals surface area contributed by atoms with E-state index in [0.29, 0.717) is 5.92 Å². The van der Waals surface area contributed by atoms with Crippen LogP contribution in [0.5, 0.6) is 0 Å². The Bertz CT molecular complexity index is 369. The minimum absolute atomic E-state index is 0.224. The van der Waals surface area contributed by atoms with E-state index in [-0.39, 0.29) is 6.61 Å². The fourth-order valence-electron chi connectivity index (χ4n) is 1.58. The number of rotatable bonds is 4. The SMILES string of the molecule is CC(C)Cc1cccc(C#CCCCO)c1. The Morgan fingerprint density at radius 2 is 2.12 bits per heavy atom. The maximum Gasteiger partial charge on any atom is 0.0440 e. The third-order valence-electron chi connectivity index (χ3n) is 2.26. The van der Waals surface area contributed by atoms with E-state index in [4.69, 9.17) is 5.11 Å². The Balaban J connectivity index is 2.62. The molecule has 16 heavy (non-hydrogen) atoms. The zero-order valence-corrected chi connectivity index (χ0v) is 10.2. The number of hydrogen-bond acceptors (Lipinski definition) is 1. The van der Waals surface area contributed by atoms with Gasteiger partial charge in [-0.05, 0) is 36.5 Å². The molecule has 0 saturated carbocycles. The largest absolute Gasteiger partial charge is 0.396 e. The number of unbranched alkanes of at least 4 members (excludes halogenated alkanes) is 1. The summed E-state index contributed by atoms with van der Waals surface area (Å²) >= 11 is 0. The molecule has 0 bridgehead atoms. The van der Waals surface area contributed by atoms with E-state index in [1.165, 1.54) is 5.56 Å². The zero-order valence-electron chi connectivity index (χ0n) is 10.2. The Labute approximate surface area is 98.5 Å². The van der Waals surface area contributed by atoms with E-state index in [1.807, 2.05) is 6.07 Å². The summed E-state index contributed by atoms with van der Waals surface area (Å²) in [5, 5.41) is 8.64. The summed E-state index contributed by atoms with van der Waals surface area (Å²) < 4.78 is 0. The third-order valence-corrected chi connectivity index (χ3v) is 2.26. The molecule has 0 saturated heterocycles. The lowest BCUT2D eigenvalue weighted by Gasteiger charge is -2.04. The highest BCUT2D eigenvalue weighted by molar-refractivity contribution is 5.37. The summed E-state index contributed by atoms with van der Waals surface area (Å²) in [6.07, 6.45) is 2.63. The van der Waals surface area contributed by atoms with Crippen LogP contribution in [0.25, 0.3) is 0 Å².